The first-order chi connectivity index (χ1) is 11.4. The number of anilines is 1. The monoisotopic (exact) mass is 327 g/mol. The number of aryl methyl sites for hydroxylation is 1. The normalized spacial score (nSPS) is 16.1. The highest BCUT2D eigenvalue weighted by Gasteiger charge is 2.14. The van der Waals surface area contributed by atoms with Crippen LogP contribution in [-0.2, 0) is 0 Å². The van der Waals surface area contributed by atoms with E-state index in [0.717, 1.165) is 44.8 Å². The summed E-state index contributed by atoms with van der Waals surface area (Å²) in [5.41, 5.74) is 5.17. The molecule has 0 atom stereocenters. The van der Waals surface area contributed by atoms with Crippen LogP contribution in [0.1, 0.15) is 37.5 Å². The number of nitrogens with zero attached hydrogens (tertiary/aromatic N) is 3. The van der Waals surface area contributed by atoms with Gasteiger partial charge in [-0.2, -0.15) is 0 Å². The number of benzene rings is 1. The maximum absolute atomic E-state index is 3.40. The summed E-state index contributed by atoms with van der Waals surface area (Å²) in [5.74, 6) is 6.78. The van der Waals surface area contributed by atoms with Crippen molar-refractivity contribution in [1.82, 2.24) is 9.80 Å². The third-order valence-corrected chi connectivity index (χ3v) is 5.04. The van der Waals surface area contributed by atoms with E-state index in [1.807, 2.05) is 0 Å². The predicted octanol–water partition coefficient (Wildman–Crippen LogP) is 3.14. The molecule has 1 aliphatic heterocycles. The third-order valence-electron chi connectivity index (χ3n) is 5.04. The minimum atomic E-state index is 0.502. The van der Waals surface area contributed by atoms with E-state index in [1.165, 1.54) is 16.8 Å². The minimum Gasteiger partial charge on any atom is -0.369 e. The van der Waals surface area contributed by atoms with Crippen LogP contribution in [0.5, 0.6) is 0 Å². The van der Waals surface area contributed by atoms with Crippen LogP contribution in [0.4, 0.5) is 5.69 Å². The summed E-state index contributed by atoms with van der Waals surface area (Å²) >= 11 is 0. The average Bonchev–Trinajstić information content (AvgIpc) is 2.54. The summed E-state index contributed by atoms with van der Waals surface area (Å²) in [6.07, 6.45) is 0. The minimum absolute atomic E-state index is 0.502. The molecule has 0 radical (unpaired) electrons. The smallest absolute Gasteiger partial charge is 0.0606 e. The molecule has 3 heteroatoms. The Bertz CT molecular complexity index is 601. The van der Waals surface area contributed by atoms with Crippen LogP contribution < -0.4 is 4.90 Å². The van der Waals surface area contributed by atoms with Crippen molar-refractivity contribution < 1.29 is 0 Å². The fourth-order valence-electron chi connectivity index (χ4n) is 3.28. The zero-order valence-electron chi connectivity index (χ0n) is 16.3. The van der Waals surface area contributed by atoms with E-state index in [0.29, 0.717) is 6.04 Å². The number of hydrogen-bond acceptors (Lipinski definition) is 3. The molecule has 1 fully saturated rings. The average molecular weight is 328 g/mol. The Morgan fingerprint density at radius 2 is 1.79 bits per heavy atom. The summed E-state index contributed by atoms with van der Waals surface area (Å²) in [6.45, 7) is 17.6. The van der Waals surface area contributed by atoms with Gasteiger partial charge in [0.25, 0.3) is 0 Å². The highest BCUT2D eigenvalue weighted by molar-refractivity contribution is 5.61. The van der Waals surface area contributed by atoms with Crippen molar-refractivity contribution in [2.75, 3.05) is 51.2 Å². The van der Waals surface area contributed by atoms with Crippen LogP contribution in [-0.4, -0.2) is 62.2 Å². The van der Waals surface area contributed by atoms with Crippen molar-refractivity contribution in [2.24, 2.45) is 0 Å². The van der Waals surface area contributed by atoms with Gasteiger partial charge >= 0.3 is 0 Å². The van der Waals surface area contributed by atoms with Gasteiger partial charge in [0, 0.05) is 50.0 Å². The van der Waals surface area contributed by atoms with Crippen LogP contribution in [0, 0.1) is 25.7 Å². The first-order valence-corrected chi connectivity index (χ1v) is 9.20. The molecule has 1 aromatic carbocycles. The molecule has 0 aromatic heterocycles. The van der Waals surface area contributed by atoms with Gasteiger partial charge in [-0.05, 0) is 64.9 Å². The summed E-state index contributed by atoms with van der Waals surface area (Å²) < 4.78 is 0. The second-order valence-corrected chi connectivity index (χ2v) is 7.20. The van der Waals surface area contributed by atoms with E-state index < -0.39 is 0 Å². The van der Waals surface area contributed by atoms with Crippen LogP contribution in [0.2, 0.25) is 0 Å². The van der Waals surface area contributed by atoms with Gasteiger partial charge in [0.2, 0.25) is 0 Å². The molecule has 1 aliphatic rings. The first kappa shape index (κ1) is 18.8. The molecule has 2 rings (SSSR count). The Balaban J connectivity index is 2.14. The Kier molecular flexibility index (Phi) is 6.71. The van der Waals surface area contributed by atoms with Gasteiger partial charge in [0.1, 0.15) is 0 Å². The molecular formula is C21H33N3. The molecule has 0 unspecified atom stereocenters. The van der Waals surface area contributed by atoms with Crippen molar-refractivity contribution >= 4 is 5.69 Å². The number of rotatable bonds is 4. The molecule has 0 aliphatic carbocycles. The zero-order valence-corrected chi connectivity index (χ0v) is 16.3. The van der Waals surface area contributed by atoms with Crippen molar-refractivity contribution in [3.63, 3.8) is 0 Å². The number of hydrogen-bond donors (Lipinski definition) is 0. The Labute approximate surface area is 148 Å². The predicted molar refractivity (Wildman–Crippen MR) is 105 cm³/mol. The molecule has 1 saturated heterocycles. The lowest BCUT2D eigenvalue weighted by Gasteiger charge is -2.31. The van der Waals surface area contributed by atoms with Gasteiger partial charge in [-0.3, -0.25) is 4.90 Å². The lowest BCUT2D eigenvalue weighted by Crippen LogP contribution is -2.44. The molecular weight excluding hydrogens is 294 g/mol. The fraction of sp³-hybridized carbons (Fsp3) is 0.619. The SMILES string of the molecule is CCN(c1cc(C#CCN2CCN(C)CC2)cc(C)c1C)C(C)C. The molecule has 0 N–H and O–H groups in total. The molecule has 0 saturated carbocycles. The van der Waals surface area contributed by atoms with E-state index in [-0.39, 0.29) is 0 Å². The number of piperazine rings is 1. The second kappa shape index (κ2) is 8.55. The highest BCUT2D eigenvalue weighted by atomic mass is 15.2. The van der Waals surface area contributed by atoms with Gasteiger partial charge in [-0.1, -0.05) is 11.8 Å². The van der Waals surface area contributed by atoms with Crippen molar-refractivity contribution in [2.45, 2.75) is 40.7 Å². The topological polar surface area (TPSA) is 9.72 Å². The standard InChI is InChI=1S/C21H33N3/c1-7-24(17(2)3)21-16-20(15-18(4)19(21)5)9-8-10-23-13-11-22(6)12-14-23/h15-17H,7,10-14H2,1-6H3. The summed E-state index contributed by atoms with van der Waals surface area (Å²) in [7, 11) is 2.19. The second-order valence-electron chi connectivity index (χ2n) is 7.20. The highest BCUT2D eigenvalue weighted by Crippen LogP contribution is 2.26. The van der Waals surface area contributed by atoms with Crippen molar-refractivity contribution in [3.05, 3.63) is 28.8 Å². The van der Waals surface area contributed by atoms with Gasteiger partial charge in [-0.15, -0.1) is 0 Å². The molecule has 132 valence electrons. The maximum Gasteiger partial charge on any atom is 0.0606 e. The molecule has 24 heavy (non-hydrogen) atoms. The Hall–Kier alpha value is -1.50. The van der Waals surface area contributed by atoms with Crippen LogP contribution in [0.15, 0.2) is 12.1 Å². The maximum atomic E-state index is 3.40. The van der Waals surface area contributed by atoms with Gasteiger partial charge in [-0.25, -0.2) is 0 Å². The molecule has 3 nitrogen and oxygen atoms in total. The molecule has 0 spiro atoms. The Morgan fingerprint density at radius 1 is 1.12 bits per heavy atom. The van der Waals surface area contributed by atoms with E-state index in [9.17, 15) is 0 Å². The zero-order chi connectivity index (χ0) is 17.7. The van der Waals surface area contributed by atoms with Crippen LogP contribution in [0.3, 0.4) is 0 Å². The quantitative estimate of drug-likeness (QED) is 0.787. The third kappa shape index (κ3) is 4.75. The van der Waals surface area contributed by atoms with Gasteiger partial charge in [0.15, 0.2) is 0 Å². The van der Waals surface area contributed by atoms with Crippen molar-refractivity contribution in [3.8, 4) is 11.8 Å². The van der Waals surface area contributed by atoms with Crippen molar-refractivity contribution in [1.29, 1.82) is 0 Å². The first-order valence-electron chi connectivity index (χ1n) is 9.20. The van der Waals surface area contributed by atoms with Crippen LogP contribution in [0.25, 0.3) is 0 Å². The lowest BCUT2D eigenvalue weighted by atomic mass is 10.0. The molecule has 1 aromatic rings. The molecule has 0 bridgehead atoms. The molecule has 0 amide bonds. The molecule has 1 heterocycles. The fourth-order valence-corrected chi connectivity index (χ4v) is 3.28. The Morgan fingerprint density at radius 3 is 2.38 bits per heavy atom. The largest absolute Gasteiger partial charge is 0.369 e. The number of likely N-dealkylation sites (N-methyl/N-ethyl adjacent to an activating group) is 1. The van der Waals surface area contributed by atoms with Crippen LogP contribution >= 0.6 is 0 Å². The van der Waals surface area contributed by atoms with E-state index >= 15 is 0 Å². The van der Waals surface area contributed by atoms with E-state index in [2.05, 4.69) is 80.3 Å². The van der Waals surface area contributed by atoms with Gasteiger partial charge in [0.05, 0.1) is 6.54 Å². The summed E-state index contributed by atoms with van der Waals surface area (Å²) in [6, 6.07) is 4.99. The van der Waals surface area contributed by atoms with Gasteiger partial charge < -0.3 is 9.80 Å². The summed E-state index contributed by atoms with van der Waals surface area (Å²) in [4.78, 5) is 7.28. The van der Waals surface area contributed by atoms with E-state index in [4.69, 9.17) is 0 Å². The van der Waals surface area contributed by atoms with E-state index in [1.54, 1.807) is 0 Å². The summed E-state index contributed by atoms with van der Waals surface area (Å²) in [5, 5.41) is 0. The lowest BCUT2D eigenvalue weighted by molar-refractivity contribution is 0.168.